The molecule has 118 valence electrons. The smallest absolute Gasteiger partial charge is 0.240 e. The number of hydrogen-bond acceptors (Lipinski definition) is 3. The first kappa shape index (κ1) is 17.6. The van der Waals surface area contributed by atoms with Crippen LogP contribution in [0.15, 0.2) is 23.1 Å². The van der Waals surface area contributed by atoms with Crippen LogP contribution in [0.3, 0.4) is 0 Å². The molecule has 0 fully saturated rings. The highest BCUT2D eigenvalue weighted by Gasteiger charge is 2.17. The summed E-state index contributed by atoms with van der Waals surface area (Å²) in [6, 6.07) is 3.62. The number of aryl methyl sites for hydroxylation is 1. The fraction of sp³-hybridized carbons (Fsp3) is 0.500. The van der Waals surface area contributed by atoms with E-state index in [-0.39, 0.29) is 35.5 Å². The van der Waals surface area contributed by atoms with Gasteiger partial charge in [-0.1, -0.05) is 0 Å². The second-order valence-electron chi connectivity index (χ2n) is 5.11. The van der Waals surface area contributed by atoms with Gasteiger partial charge in [0.15, 0.2) is 0 Å². The van der Waals surface area contributed by atoms with Gasteiger partial charge >= 0.3 is 0 Å². The molecule has 0 aliphatic heterocycles. The molecule has 0 heterocycles. The van der Waals surface area contributed by atoms with Crippen LogP contribution >= 0.6 is 0 Å². The van der Waals surface area contributed by atoms with Gasteiger partial charge < -0.3 is 4.90 Å². The van der Waals surface area contributed by atoms with Gasteiger partial charge in [-0.05, 0) is 44.5 Å². The molecule has 21 heavy (non-hydrogen) atoms. The molecule has 0 aliphatic rings. The van der Waals surface area contributed by atoms with Crippen molar-refractivity contribution in [1.29, 1.82) is 0 Å². The minimum Gasteiger partial charge on any atom is -0.339 e. The molecule has 7 heteroatoms. The lowest BCUT2D eigenvalue weighted by Gasteiger charge is -2.25. The minimum atomic E-state index is -3.70. The minimum absolute atomic E-state index is 0.0000645. The monoisotopic (exact) mass is 316 g/mol. The number of rotatable bonds is 6. The van der Waals surface area contributed by atoms with Crippen molar-refractivity contribution in [2.45, 2.75) is 38.6 Å². The van der Waals surface area contributed by atoms with Crippen molar-refractivity contribution in [1.82, 2.24) is 9.62 Å². The lowest BCUT2D eigenvalue weighted by Crippen LogP contribution is -2.41. The van der Waals surface area contributed by atoms with Crippen molar-refractivity contribution < 1.29 is 17.6 Å². The average Bonchev–Trinajstić information content (AvgIpc) is 2.36. The van der Waals surface area contributed by atoms with Gasteiger partial charge in [-0.15, -0.1) is 0 Å². The summed E-state index contributed by atoms with van der Waals surface area (Å²) in [5.74, 6) is -0.557. The molecule has 1 aromatic rings. The molecule has 0 bridgehead atoms. The molecule has 0 aliphatic carbocycles. The summed E-state index contributed by atoms with van der Waals surface area (Å²) >= 11 is 0. The highest BCUT2D eigenvalue weighted by atomic mass is 32.2. The van der Waals surface area contributed by atoms with E-state index in [1.807, 2.05) is 13.8 Å². The molecule has 5 nitrogen and oxygen atoms in total. The van der Waals surface area contributed by atoms with Crippen LogP contribution in [0, 0.1) is 12.7 Å². The number of benzene rings is 1. The van der Waals surface area contributed by atoms with E-state index >= 15 is 0 Å². The Balaban J connectivity index is 2.73. The molecule has 1 amide bonds. The molecular formula is C14H21FN2O3S. The number of sulfonamides is 1. The summed E-state index contributed by atoms with van der Waals surface area (Å²) in [5.41, 5.74) is 0.269. The Hall–Kier alpha value is -1.47. The van der Waals surface area contributed by atoms with E-state index in [1.54, 1.807) is 4.90 Å². The summed E-state index contributed by atoms with van der Waals surface area (Å²) in [6.45, 7) is 7.06. The van der Waals surface area contributed by atoms with Crippen LogP contribution in [-0.2, 0) is 14.8 Å². The first-order valence-corrected chi connectivity index (χ1v) is 8.16. The third-order valence-corrected chi connectivity index (χ3v) is 4.57. The van der Waals surface area contributed by atoms with Crippen molar-refractivity contribution in [3.8, 4) is 0 Å². The Morgan fingerprint density at radius 1 is 1.38 bits per heavy atom. The van der Waals surface area contributed by atoms with E-state index < -0.39 is 15.8 Å². The second kappa shape index (κ2) is 7.00. The topological polar surface area (TPSA) is 66.5 Å². The second-order valence-corrected chi connectivity index (χ2v) is 6.88. The highest BCUT2D eigenvalue weighted by molar-refractivity contribution is 7.89. The van der Waals surface area contributed by atoms with Crippen molar-refractivity contribution >= 4 is 15.9 Å². The summed E-state index contributed by atoms with van der Waals surface area (Å²) in [7, 11) is -3.70. The van der Waals surface area contributed by atoms with E-state index in [9.17, 15) is 17.6 Å². The third kappa shape index (κ3) is 4.78. The number of amides is 1. The summed E-state index contributed by atoms with van der Waals surface area (Å²) in [4.78, 5) is 13.0. The molecule has 0 saturated heterocycles. The summed E-state index contributed by atoms with van der Waals surface area (Å²) < 4.78 is 39.7. The standard InChI is InChI=1S/C14H21FN2O3S/c1-10(2)17(12(4)18)8-7-16-21(19,20)13-5-6-14(15)11(3)9-13/h5-6,9-10,16H,7-8H2,1-4H3. The van der Waals surface area contributed by atoms with E-state index in [0.717, 1.165) is 6.07 Å². The molecule has 0 aromatic heterocycles. The molecular weight excluding hydrogens is 295 g/mol. The maximum atomic E-state index is 13.2. The third-order valence-electron chi connectivity index (χ3n) is 3.11. The number of halogens is 1. The van der Waals surface area contributed by atoms with Crippen LogP contribution in [0.4, 0.5) is 4.39 Å². The Kier molecular flexibility index (Phi) is 5.86. The van der Waals surface area contributed by atoms with Crippen molar-refractivity contribution in [3.63, 3.8) is 0 Å². The van der Waals surface area contributed by atoms with Gasteiger partial charge in [0.05, 0.1) is 4.90 Å². The van der Waals surface area contributed by atoms with Crippen LogP contribution in [-0.4, -0.2) is 38.4 Å². The predicted molar refractivity (Wildman–Crippen MR) is 78.8 cm³/mol. The zero-order chi connectivity index (χ0) is 16.2. The van der Waals surface area contributed by atoms with Crippen LogP contribution in [0.1, 0.15) is 26.3 Å². The largest absolute Gasteiger partial charge is 0.339 e. The van der Waals surface area contributed by atoms with Crippen molar-refractivity contribution in [2.24, 2.45) is 0 Å². The van der Waals surface area contributed by atoms with Crippen molar-refractivity contribution in [3.05, 3.63) is 29.6 Å². The van der Waals surface area contributed by atoms with Gasteiger partial charge in [0.25, 0.3) is 0 Å². The number of hydrogen-bond donors (Lipinski definition) is 1. The number of nitrogens with one attached hydrogen (secondary N) is 1. The normalized spacial score (nSPS) is 11.7. The van der Waals surface area contributed by atoms with Gasteiger partial charge in [0, 0.05) is 26.1 Å². The number of carbonyl (C=O) groups is 1. The molecule has 0 saturated carbocycles. The van der Waals surface area contributed by atoms with Crippen molar-refractivity contribution in [2.75, 3.05) is 13.1 Å². The molecule has 0 spiro atoms. The van der Waals surface area contributed by atoms with E-state index in [0.29, 0.717) is 0 Å². The Morgan fingerprint density at radius 3 is 2.48 bits per heavy atom. The summed E-state index contributed by atoms with van der Waals surface area (Å²) in [6.07, 6.45) is 0. The molecule has 0 unspecified atom stereocenters. The fourth-order valence-electron chi connectivity index (χ4n) is 1.95. The maximum Gasteiger partial charge on any atom is 0.240 e. The van der Waals surface area contributed by atoms with Crippen LogP contribution in [0.25, 0.3) is 0 Å². The SMILES string of the molecule is CC(=O)N(CCNS(=O)(=O)c1ccc(F)c(C)c1)C(C)C. The quantitative estimate of drug-likeness (QED) is 0.868. The number of nitrogens with zero attached hydrogens (tertiary/aromatic N) is 1. The lowest BCUT2D eigenvalue weighted by atomic mass is 10.2. The Bertz CT molecular complexity index is 615. The van der Waals surface area contributed by atoms with Gasteiger partial charge in [-0.3, -0.25) is 4.79 Å². The van der Waals surface area contributed by atoms with Crippen LogP contribution < -0.4 is 4.72 Å². The van der Waals surface area contributed by atoms with Gasteiger partial charge in [0.1, 0.15) is 5.82 Å². The van der Waals surface area contributed by atoms with Gasteiger partial charge in [-0.25, -0.2) is 17.5 Å². The van der Waals surface area contributed by atoms with E-state index in [2.05, 4.69) is 4.72 Å². The van der Waals surface area contributed by atoms with E-state index in [4.69, 9.17) is 0 Å². The lowest BCUT2D eigenvalue weighted by molar-refractivity contribution is -0.130. The average molecular weight is 316 g/mol. The van der Waals surface area contributed by atoms with Gasteiger partial charge in [-0.2, -0.15) is 0 Å². The van der Waals surface area contributed by atoms with E-state index in [1.165, 1.54) is 26.0 Å². The van der Waals surface area contributed by atoms with Crippen LogP contribution in [0.5, 0.6) is 0 Å². The zero-order valence-electron chi connectivity index (χ0n) is 12.7. The first-order chi connectivity index (χ1) is 9.65. The molecule has 0 atom stereocenters. The molecule has 1 rings (SSSR count). The maximum absolute atomic E-state index is 13.2. The highest BCUT2D eigenvalue weighted by Crippen LogP contribution is 2.13. The fourth-order valence-corrected chi connectivity index (χ4v) is 3.05. The van der Waals surface area contributed by atoms with Gasteiger partial charge in [0.2, 0.25) is 15.9 Å². The Labute approximate surface area is 125 Å². The molecule has 1 N–H and O–H groups in total. The summed E-state index contributed by atoms with van der Waals surface area (Å²) in [5, 5.41) is 0. The van der Waals surface area contributed by atoms with Crippen LogP contribution in [0.2, 0.25) is 0 Å². The molecule has 0 radical (unpaired) electrons. The Morgan fingerprint density at radius 2 is 2.00 bits per heavy atom. The predicted octanol–water partition coefficient (Wildman–Crippen LogP) is 1.67. The first-order valence-electron chi connectivity index (χ1n) is 6.68. The zero-order valence-corrected chi connectivity index (χ0v) is 13.5. The molecule has 1 aromatic carbocycles. The number of carbonyl (C=O) groups excluding carboxylic acids is 1.